The van der Waals surface area contributed by atoms with E-state index in [1.54, 1.807) is 9.25 Å². The van der Waals surface area contributed by atoms with Gasteiger partial charge in [0.05, 0.1) is 18.9 Å². The Balaban J connectivity index is 2.10. The molecule has 2 unspecified atom stereocenters. The van der Waals surface area contributed by atoms with Crippen LogP contribution in [0.25, 0.3) is 0 Å². The number of aliphatic hydroxyl groups excluding tert-OH is 1. The third kappa shape index (κ3) is 3.22. The Morgan fingerprint density at radius 2 is 2.21 bits per heavy atom. The third-order valence-electron chi connectivity index (χ3n) is 3.46. The van der Waals surface area contributed by atoms with Crippen molar-refractivity contribution in [1.82, 2.24) is 19.2 Å². The number of aliphatic hydroxyl groups is 1. The summed E-state index contributed by atoms with van der Waals surface area (Å²) in [6, 6.07) is 0. The molecule has 0 saturated carbocycles. The van der Waals surface area contributed by atoms with Crippen LogP contribution in [-0.2, 0) is 25.1 Å². The first-order valence-corrected chi connectivity index (χ1v) is 7.07. The summed E-state index contributed by atoms with van der Waals surface area (Å²) in [6.07, 6.45) is 1.52. The van der Waals surface area contributed by atoms with Crippen molar-refractivity contribution in [3.8, 4) is 0 Å². The van der Waals surface area contributed by atoms with Crippen LogP contribution in [0.1, 0.15) is 26.1 Å². The second-order valence-corrected chi connectivity index (χ2v) is 5.43. The van der Waals surface area contributed by atoms with Gasteiger partial charge in [0.25, 0.3) is 0 Å². The predicted molar refractivity (Wildman–Crippen MR) is 74.2 cm³/mol. The van der Waals surface area contributed by atoms with Crippen LogP contribution in [0.3, 0.4) is 0 Å². The molecule has 0 aromatic carbocycles. The van der Waals surface area contributed by atoms with Gasteiger partial charge >= 0.3 is 0 Å². The van der Waals surface area contributed by atoms with E-state index in [1.165, 1.54) is 0 Å². The summed E-state index contributed by atoms with van der Waals surface area (Å²) in [5, 5.41) is 13.5. The molecule has 1 aliphatic heterocycles. The highest BCUT2D eigenvalue weighted by Gasteiger charge is 2.24. The molecule has 1 aromatic rings. The van der Waals surface area contributed by atoms with Crippen molar-refractivity contribution < 1.29 is 9.84 Å². The van der Waals surface area contributed by atoms with Crippen LogP contribution < -0.4 is 0 Å². The molecule has 0 spiro atoms. The molecule has 0 aliphatic carbocycles. The highest BCUT2D eigenvalue weighted by atomic mass is 32.1. The van der Waals surface area contributed by atoms with Crippen molar-refractivity contribution >= 4 is 12.2 Å². The zero-order valence-corrected chi connectivity index (χ0v) is 12.6. The Morgan fingerprint density at radius 1 is 1.47 bits per heavy atom. The second-order valence-electron chi connectivity index (χ2n) is 5.07. The van der Waals surface area contributed by atoms with Gasteiger partial charge in [-0.25, -0.2) is 4.68 Å². The fourth-order valence-electron chi connectivity index (χ4n) is 2.43. The van der Waals surface area contributed by atoms with Crippen LogP contribution in [0.4, 0.5) is 0 Å². The van der Waals surface area contributed by atoms with Gasteiger partial charge in [-0.1, -0.05) is 6.92 Å². The average Bonchev–Trinajstić information content (AvgIpc) is 2.66. The fourth-order valence-corrected chi connectivity index (χ4v) is 2.64. The summed E-state index contributed by atoms with van der Waals surface area (Å²) in [7, 11) is 1.83. The summed E-state index contributed by atoms with van der Waals surface area (Å²) in [4.78, 5) is 2.30. The van der Waals surface area contributed by atoms with E-state index in [1.807, 2.05) is 7.05 Å². The number of hydrogen-bond acceptors (Lipinski definition) is 5. The van der Waals surface area contributed by atoms with Gasteiger partial charge in [0.1, 0.15) is 6.61 Å². The molecule has 2 heterocycles. The SMILES string of the molecule is CCC1CN(Cn2nc(CO)n(C)c2=S)CC(C)O1. The first kappa shape index (κ1) is 14.6. The summed E-state index contributed by atoms with van der Waals surface area (Å²) in [6.45, 7) is 6.56. The number of nitrogens with zero attached hydrogens (tertiary/aromatic N) is 4. The Morgan fingerprint density at radius 3 is 2.79 bits per heavy atom. The maximum absolute atomic E-state index is 9.21. The van der Waals surface area contributed by atoms with Crippen LogP contribution >= 0.6 is 12.2 Å². The zero-order valence-electron chi connectivity index (χ0n) is 11.7. The van der Waals surface area contributed by atoms with Gasteiger partial charge in [-0.05, 0) is 25.6 Å². The fraction of sp³-hybridized carbons (Fsp3) is 0.833. The van der Waals surface area contributed by atoms with Gasteiger partial charge < -0.3 is 14.4 Å². The van der Waals surface area contributed by atoms with Crippen molar-refractivity contribution in [1.29, 1.82) is 0 Å². The van der Waals surface area contributed by atoms with E-state index < -0.39 is 0 Å². The maximum Gasteiger partial charge on any atom is 0.198 e. The van der Waals surface area contributed by atoms with E-state index in [2.05, 4.69) is 23.8 Å². The van der Waals surface area contributed by atoms with Gasteiger partial charge in [-0.2, -0.15) is 5.10 Å². The van der Waals surface area contributed by atoms with E-state index in [0.717, 1.165) is 19.5 Å². The molecule has 1 aliphatic rings. The number of rotatable bonds is 4. The monoisotopic (exact) mass is 286 g/mol. The van der Waals surface area contributed by atoms with Crippen LogP contribution in [0.15, 0.2) is 0 Å². The number of hydrogen-bond donors (Lipinski definition) is 1. The summed E-state index contributed by atoms with van der Waals surface area (Å²) < 4.78 is 9.99. The molecule has 0 amide bonds. The van der Waals surface area contributed by atoms with Crippen molar-refractivity contribution in [3.63, 3.8) is 0 Å². The average molecular weight is 286 g/mol. The molecule has 1 N–H and O–H groups in total. The lowest BCUT2D eigenvalue weighted by atomic mass is 10.2. The van der Waals surface area contributed by atoms with Crippen molar-refractivity contribution in [2.45, 2.75) is 45.8 Å². The largest absolute Gasteiger partial charge is 0.388 e. The van der Waals surface area contributed by atoms with E-state index in [0.29, 0.717) is 17.3 Å². The normalized spacial score (nSPS) is 24.8. The molecule has 1 aromatic heterocycles. The molecule has 108 valence electrons. The van der Waals surface area contributed by atoms with Gasteiger partial charge in [0.2, 0.25) is 0 Å². The first-order valence-electron chi connectivity index (χ1n) is 6.66. The minimum absolute atomic E-state index is 0.0930. The van der Waals surface area contributed by atoms with E-state index >= 15 is 0 Å². The number of morpholine rings is 1. The Kier molecular flexibility index (Phi) is 4.72. The highest BCUT2D eigenvalue weighted by Crippen LogP contribution is 2.14. The molecule has 6 nitrogen and oxygen atoms in total. The quantitative estimate of drug-likeness (QED) is 0.834. The second kappa shape index (κ2) is 6.13. The van der Waals surface area contributed by atoms with Crippen molar-refractivity contribution in [2.24, 2.45) is 7.05 Å². The molecular weight excluding hydrogens is 264 g/mol. The van der Waals surface area contributed by atoms with Crippen LogP contribution in [-0.4, -0.2) is 49.7 Å². The van der Waals surface area contributed by atoms with Crippen molar-refractivity contribution in [2.75, 3.05) is 13.1 Å². The molecular formula is C12H22N4O2S. The summed E-state index contributed by atoms with van der Waals surface area (Å²) >= 11 is 5.33. The van der Waals surface area contributed by atoms with Gasteiger partial charge in [0.15, 0.2) is 10.6 Å². The Bertz CT molecular complexity index is 485. The number of aromatic nitrogens is 3. The van der Waals surface area contributed by atoms with Crippen LogP contribution in [0, 0.1) is 4.77 Å². The van der Waals surface area contributed by atoms with Gasteiger partial charge in [0, 0.05) is 20.1 Å². The lowest BCUT2D eigenvalue weighted by Gasteiger charge is -2.36. The molecule has 1 saturated heterocycles. The Labute approximate surface area is 118 Å². The first-order chi connectivity index (χ1) is 9.05. The van der Waals surface area contributed by atoms with E-state index in [4.69, 9.17) is 17.0 Å². The highest BCUT2D eigenvalue weighted by molar-refractivity contribution is 7.71. The zero-order chi connectivity index (χ0) is 14.0. The Hall–Kier alpha value is -0.760. The minimum Gasteiger partial charge on any atom is -0.388 e. The van der Waals surface area contributed by atoms with E-state index in [-0.39, 0.29) is 18.8 Å². The van der Waals surface area contributed by atoms with Gasteiger partial charge in [-0.15, -0.1) is 0 Å². The van der Waals surface area contributed by atoms with Crippen LogP contribution in [0.2, 0.25) is 0 Å². The standard InChI is InChI=1S/C12H22N4O2S/c1-4-10-6-15(5-9(2)18-10)8-16-12(19)14(3)11(7-17)13-16/h9-10,17H,4-8H2,1-3H3. The lowest BCUT2D eigenvalue weighted by molar-refractivity contribution is -0.0869. The summed E-state index contributed by atoms with van der Waals surface area (Å²) in [5.74, 6) is 0.596. The van der Waals surface area contributed by atoms with Gasteiger partial charge in [-0.3, -0.25) is 4.90 Å². The summed E-state index contributed by atoms with van der Waals surface area (Å²) in [5.41, 5.74) is 0. The molecule has 2 rings (SSSR count). The maximum atomic E-state index is 9.21. The topological polar surface area (TPSA) is 55.5 Å². The molecule has 2 atom stereocenters. The predicted octanol–water partition coefficient (Wildman–Crippen LogP) is 0.900. The van der Waals surface area contributed by atoms with E-state index in [9.17, 15) is 5.11 Å². The smallest absolute Gasteiger partial charge is 0.198 e. The van der Waals surface area contributed by atoms with Crippen LogP contribution in [0.5, 0.6) is 0 Å². The molecule has 19 heavy (non-hydrogen) atoms. The third-order valence-corrected chi connectivity index (χ3v) is 3.95. The number of ether oxygens (including phenoxy) is 1. The molecule has 0 radical (unpaired) electrons. The molecule has 7 heteroatoms. The van der Waals surface area contributed by atoms with Crippen molar-refractivity contribution in [3.05, 3.63) is 10.6 Å². The minimum atomic E-state index is -0.0930. The lowest BCUT2D eigenvalue weighted by Crippen LogP contribution is -2.46. The molecule has 0 bridgehead atoms. The molecule has 1 fully saturated rings.